The van der Waals surface area contributed by atoms with Crippen LogP contribution in [0.15, 0.2) is 24.3 Å². The summed E-state index contributed by atoms with van der Waals surface area (Å²) in [6.45, 7) is 1.29. The lowest BCUT2D eigenvalue weighted by atomic mass is 10.1. The predicted octanol–water partition coefficient (Wildman–Crippen LogP) is 0.415. The number of benzene rings is 1. The zero-order valence-electron chi connectivity index (χ0n) is 10.3. The third-order valence-electron chi connectivity index (χ3n) is 2.97. The molecule has 1 heterocycles. The van der Waals surface area contributed by atoms with Crippen molar-refractivity contribution in [3.8, 4) is 5.75 Å². The van der Waals surface area contributed by atoms with Crippen LogP contribution >= 0.6 is 0 Å². The number of methoxy groups -OCH3 is 1. The van der Waals surface area contributed by atoms with Crippen LogP contribution in [-0.4, -0.2) is 48.9 Å². The summed E-state index contributed by atoms with van der Waals surface area (Å²) in [6.07, 6.45) is -0.711. The highest BCUT2D eigenvalue weighted by atomic mass is 16.5. The SMILES string of the molecule is COc1ccc(CN2CCOC(CO)C2=O)cc1. The molecule has 1 unspecified atom stereocenters. The second-order valence-electron chi connectivity index (χ2n) is 4.15. The van der Waals surface area contributed by atoms with Crippen molar-refractivity contribution in [2.75, 3.05) is 26.9 Å². The van der Waals surface area contributed by atoms with Gasteiger partial charge < -0.3 is 19.5 Å². The van der Waals surface area contributed by atoms with Crippen molar-refractivity contribution in [1.82, 2.24) is 4.90 Å². The van der Waals surface area contributed by atoms with Gasteiger partial charge in [0.1, 0.15) is 5.75 Å². The summed E-state index contributed by atoms with van der Waals surface area (Å²) in [6, 6.07) is 7.58. The average Bonchev–Trinajstić information content (AvgIpc) is 2.42. The number of aliphatic hydroxyl groups excluding tert-OH is 1. The molecule has 1 fully saturated rings. The minimum Gasteiger partial charge on any atom is -0.497 e. The smallest absolute Gasteiger partial charge is 0.254 e. The van der Waals surface area contributed by atoms with Crippen LogP contribution in [0.4, 0.5) is 0 Å². The van der Waals surface area contributed by atoms with E-state index in [1.54, 1.807) is 12.0 Å². The maximum Gasteiger partial charge on any atom is 0.254 e. The van der Waals surface area contributed by atoms with Crippen molar-refractivity contribution >= 4 is 5.91 Å². The molecule has 1 aromatic carbocycles. The van der Waals surface area contributed by atoms with E-state index in [0.29, 0.717) is 19.7 Å². The number of carbonyl (C=O) groups is 1. The Morgan fingerprint density at radius 1 is 1.44 bits per heavy atom. The number of rotatable bonds is 4. The topological polar surface area (TPSA) is 59.0 Å². The zero-order chi connectivity index (χ0) is 13.0. The van der Waals surface area contributed by atoms with Crippen LogP contribution in [0, 0.1) is 0 Å². The van der Waals surface area contributed by atoms with Crippen LogP contribution in [0.5, 0.6) is 5.75 Å². The van der Waals surface area contributed by atoms with Gasteiger partial charge in [0.05, 0.1) is 20.3 Å². The van der Waals surface area contributed by atoms with Crippen molar-refractivity contribution in [3.63, 3.8) is 0 Å². The average molecular weight is 251 g/mol. The molecule has 0 aliphatic carbocycles. The van der Waals surface area contributed by atoms with Crippen molar-refractivity contribution < 1.29 is 19.4 Å². The van der Waals surface area contributed by atoms with Gasteiger partial charge in [-0.25, -0.2) is 0 Å². The highest BCUT2D eigenvalue weighted by molar-refractivity contribution is 5.81. The third kappa shape index (κ3) is 2.80. The van der Waals surface area contributed by atoms with Crippen LogP contribution < -0.4 is 4.74 Å². The zero-order valence-corrected chi connectivity index (χ0v) is 10.3. The summed E-state index contributed by atoms with van der Waals surface area (Å²) in [5.41, 5.74) is 1.03. The first-order valence-electron chi connectivity index (χ1n) is 5.89. The maximum atomic E-state index is 11.9. The summed E-state index contributed by atoms with van der Waals surface area (Å²) in [4.78, 5) is 13.6. The second kappa shape index (κ2) is 5.84. The van der Waals surface area contributed by atoms with Gasteiger partial charge in [0.15, 0.2) is 6.10 Å². The second-order valence-corrected chi connectivity index (χ2v) is 4.15. The summed E-state index contributed by atoms with van der Waals surface area (Å²) >= 11 is 0. The van der Waals surface area contributed by atoms with Gasteiger partial charge in [-0.05, 0) is 17.7 Å². The van der Waals surface area contributed by atoms with Gasteiger partial charge in [0.2, 0.25) is 0 Å². The highest BCUT2D eigenvalue weighted by Gasteiger charge is 2.28. The van der Waals surface area contributed by atoms with E-state index in [4.69, 9.17) is 14.6 Å². The van der Waals surface area contributed by atoms with E-state index >= 15 is 0 Å². The summed E-state index contributed by atoms with van der Waals surface area (Å²) in [5.74, 6) is 0.639. The van der Waals surface area contributed by atoms with E-state index in [9.17, 15) is 4.79 Å². The largest absolute Gasteiger partial charge is 0.497 e. The van der Waals surface area contributed by atoms with Crippen molar-refractivity contribution in [3.05, 3.63) is 29.8 Å². The first kappa shape index (κ1) is 12.9. The molecule has 1 aliphatic rings. The van der Waals surface area contributed by atoms with E-state index in [2.05, 4.69) is 0 Å². The number of carbonyl (C=O) groups excluding carboxylic acids is 1. The molecular formula is C13H17NO4. The standard InChI is InChI=1S/C13H17NO4/c1-17-11-4-2-10(3-5-11)8-14-6-7-18-12(9-15)13(14)16/h2-5,12,15H,6-9H2,1H3. The van der Waals surface area contributed by atoms with Gasteiger partial charge in [-0.15, -0.1) is 0 Å². The number of morpholine rings is 1. The van der Waals surface area contributed by atoms with Crippen LogP contribution in [0.2, 0.25) is 0 Å². The molecule has 98 valence electrons. The Morgan fingerprint density at radius 2 is 2.17 bits per heavy atom. The summed E-state index contributed by atoms with van der Waals surface area (Å²) in [7, 11) is 1.62. The van der Waals surface area contributed by atoms with Gasteiger partial charge in [0.25, 0.3) is 5.91 Å². The Hall–Kier alpha value is -1.59. The normalized spacial score (nSPS) is 20.0. The quantitative estimate of drug-likeness (QED) is 0.842. The molecule has 0 aromatic heterocycles. The molecule has 0 bridgehead atoms. The molecule has 2 rings (SSSR count). The Morgan fingerprint density at radius 3 is 2.78 bits per heavy atom. The van der Waals surface area contributed by atoms with Crippen molar-refractivity contribution in [1.29, 1.82) is 0 Å². The third-order valence-corrected chi connectivity index (χ3v) is 2.97. The van der Waals surface area contributed by atoms with Gasteiger partial charge in [-0.3, -0.25) is 4.79 Å². The summed E-state index contributed by atoms with van der Waals surface area (Å²) in [5, 5.41) is 9.02. The Labute approximate surface area is 106 Å². The Bertz CT molecular complexity index is 404. The van der Waals surface area contributed by atoms with Crippen LogP contribution in [0.3, 0.4) is 0 Å². The molecule has 0 spiro atoms. The Balaban J connectivity index is 2.01. The van der Waals surface area contributed by atoms with Crippen LogP contribution in [0.1, 0.15) is 5.56 Å². The molecule has 18 heavy (non-hydrogen) atoms. The van der Waals surface area contributed by atoms with Gasteiger partial charge in [-0.1, -0.05) is 12.1 Å². The fourth-order valence-electron chi connectivity index (χ4n) is 1.93. The minimum atomic E-state index is -0.711. The summed E-state index contributed by atoms with van der Waals surface area (Å²) < 4.78 is 10.3. The lowest BCUT2D eigenvalue weighted by molar-refractivity contribution is -0.156. The number of nitrogens with zero attached hydrogens (tertiary/aromatic N) is 1. The van der Waals surface area contributed by atoms with E-state index < -0.39 is 6.10 Å². The number of amides is 1. The van der Waals surface area contributed by atoms with Gasteiger partial charge in [-0.2, -0.15) is 0 Å². The van der Waals surface area contributed by atoms with Gasteiger partial charge in [0, 0.05) is 13.1 Å². The first-order chi connectivity index (χ1) is 8.74. The number of hydrogen-bond donors (Lipinski definition) is 1. The number of aliphatic hydroxyl groups is 1. The number of ether oxygens (including phenoxy) is 2. The molecule has 0 radical (unpaired) electrons. The van der Waals surface area contributed by atoms with Crippen molar-refractivity contribution in [2.45, 2.75) is 12.6 Å². The highest BCUT2D eigenvalue weighted by Crippen LogP contribution is 2.15. The van der Waals surface area contributed by atoms with Gasteiger partial charge >= 0.3 is 0 Å². The van der Waals surface area contributed by atoms with Crippen LogP contribution in [0.25, 0.3) is 0 Å². The predicted molar refractivity (Wildman–Crippen MR) is 65.2 cm³/mol. The molecule has 1 atom stereocenters. The minimum absolute atomic E-state index is 0.153. The lowest BCUT2D eigenvalue weighted by Crippen LogP contribution is -2.48. The molecular weight excluding hydrogens is 234 g/mol. The monoisotopic (exact) mass is 251 g/mol. The van der Waals surface area contributed by atoms with E-state index in [0.717, 1.165) is 11.3 Å². The Kier molecular flexibility index (Phi) is 4.17. The fourth-order valence-corrected chi connectivity index (χ4v) is 1.93. The molecule has 0 saturated carbocycles. The van der Waals surface area contributed by atoms with Crippen molar-refractivity contribution in [2.24, 2.45) is 0 Å². The first-order valence-corrected chi connectivity index (χ1v) is 5.89. The molecule has 1 N–H and O–H groups in total. The fraction of sp³-hybridized carbons (Fsp3) is 0.462. The number of hydrogen-bond acceptors (Lipinski definition) is 4. The maximum absolute atomic E-state index is 11.9. The molecule has 1 amide bonds. The lowest BCUT2D eigenvalue weighted by Gasteiger charge is -2.31. The van der Waals surface area contributed by atoms with E-state index in [-0.39, 0.29) is 12.5 Å². The molecule has 5 nitrogen and oxygen atoms in total. The van der Waals surface area contributed by atoms with E-state index in [1.165, 1.54) is 0 Å². The molecule has 1 aromatic rings. The molecule has 1 aliphatic heterocycles. The van der Waals surface area contributed by atoms with E-state index in [1.807, 2.05) is 24.3 Å². The van der Waals surface area contributed by atoms with Crippen LogP contribution in [-0.2, 0) is 16.1 Å². The molecule has 1 saturated heterocycles. The molecule has 5 heteroatoms.